The number of nitrogens with one attached hydrogen (secondary N) is 1. The molecule has 2 aromatic heterocycles. The Morgan fingerprint density at radius 2 is 2.38 bits per heavy atom. The smallest absolute Gasteiger partial charge is 0.135 e. The van der Waals surface area contributed by atoms with E-state index in [1.165, 1.54) is 11.2 Å². The van der Waals surface area contributed by atoms with Gasteiger partial charge in [-0.25, -0.2) is 9.97 Å². The van der Waals surface area contributed by atoms with Crippen LogP contribution in [-0.2, 0) is 6.54 Å². The molecule has 0 atom stereocenters. The van der Waals surface area contributed by atoms with Crippen LogP contribution in [0.25, 0.3) is 10.2 Å². The lowest BCUT2D eigenvalue weighted by Gasteiger charge is -1.90. The molecular weight excluding hydrogens is 184 g/mol. The Kier molecular flexibility index (Phi) is 2.12. The summed E-state index contributed by atoms with van der Waals surface area (Å²) in [5.74, 6) is 0.559. The largest absolute Gasteiger partial charge is 0.383 e. The first-order valence-electron chi connectivity index (χ1n) is 3.94. The summed E-state index contributed by atoms with van der Waals surface area (Å²) in [7, 11) is 1.92. The summed E-state index contributed by atoms with van der Waals surface area (Å²) in [5, 5.41) is 4.04. The van der Waals surface area contributed by atoms with E-state index in [1.54, 1.807) is 11.3 Å². The van der Waals surface area contributed by atoms with Crippen LogP contribution in [0, 0.1) is 0 Å². The van der Waals surface area contributed by atoms with Crippen molar-refractivity contribution >= 4 is 27.4 Å². The summed E-state index contributed by atoms with van der Waals surface area (Å²) in [6.45, 7) is 0.848. The summed E-state index contributed by atoms with van der Waals surface area (Å²) in [4.78, 5) is 10.3. The fourth-order valence-corrected chi connectivity index (χ4v) is 2.20. The van der Waals surface area contributed by atoms with Gasteiger partial charge >= 0.3 is 0 Å². The molecule has 0 aromatic carbocycles. The minimum absolute atomic E-state index is 0.559. The summed E-state index contributed by atoms with van der Waals surface area (Å²) in [5.41, 5.74) is 5.70. The van der Waals surface area contributed by atoms with Gasteiger partial charge in [-0.05, 0) is 13.1 Å². The highest BCUT2D eigenvalue weighted by atomic mass is 32.1. The van der Waals surface area contributed by atoms with E-state index in [0.717, 1.165) is 16.8 Å². The molecule has 0 radical (unpaired) electrons. The number of thiophene rings is 1. The van der Waals surface area contributed by atoms with E-state index < -0.39 is 0 Å². The molecule has 68 valence electrons. The van der Waals surface area contributed by atoms with E-state index in [1.807, 2.05) is 13.1 Å². The predicted octanol–water partition coefficient (Wildman–Crippen LogP) is 0.993. The zero-order valence-electron chi connectivity index (χ0n) is 7.24. The minimum Gasteiger partial charge on any atom is -0.383 e. The number of aromatic nitrogens is 2. The monoisotopic (exact) mass is 194 g/mol. The number of nitrogens with two attached hydrogens (primary N) is 1. The highest BCUT2D eigenvalue weighted by molar-refractivity contribution is 7.18. The Balaban J connectivity index is 2.55. The molecule has 0 amide bonds. The van der Waals surface area contributed by atoms with Gasteiger partial charge in [0, 0.05) is 11.4 Å². The van der Waals surface area contributed by atoms with Gasteiger partial charge in [-0.2, -0.15) is 0 Å². The van der Waals surface area contributed by atoms with Crippen LogP contribution < -0.4 is 11.1 Å². The van der Waals surface area contributed by atoms with Crippen LogP contribution in [0.2, 0.25) is 0 Å². The second-order valence-electron chi connectivity index (χ2n) is 2.72. The second-order valence-corrected chi connectivity index (χ2v) is 3.84. The van der Waals surface area contributed by atoms with Gasteiger partial charge in [-0.3, -0.25) is 0 Å². The molecule has 0 aliphatic carbocycles. The lowest BCUT2D eigenvalue weighted by atomic mass is 10.3. The molecule has 0 saturated heterocycles. The number of fused-ring (bicyclic) bond motifs is 1. The third-order valence-corrected chi connectivity index (χ3v) is 2.81. The minimum atomic E-state index is 0.559. The number of anilines is 1. The molecular formula is C8H10N4S. The maximum Gasteiger partial charge on any atom is 0.135 e. The number of nitrogens with zero attached hydrogens (tertiary/aromatic N) is 2. The number of hydrogen-bond acceptors (Lipinski definition) is 5. The van der Waals surface area contributed by atoms with Crippen molar-refractivity contribution in [2.45, 2.75) is 6.54 Å². The van der Waals surface area contributed by atoms with Crippen LogP contribution in [0.1, 0.15) is 4.88 Å². The van der Waals surface area contributed by atoms with E-state index in [0.29, 0.717) is 5.82 Å². The fourth-order valence-electron chi connectivity index (χ4n) is 1.19. The molecule has 2 heterocycles. The third kappa shape index (κ3) is 1.48. The van der Waals surface area contributed by atoms with Crippen molar-refractivity contribution in [1.82, 2.24) is 15.3 Å². The molecule has 0 aliphatic rings. The standard InChI is InChI=1S/C8H10N4S/c1-10-3-5-2-6-7(9)11-4-12-8(6)13-5/h2,4,10H,3H2,1H3,(H2,9,11,12). The van der Waals surface area contributed by atoms with E-state index in [2.05, 4.69) is 15.3 Å². The molecule has 3 N–H and O–H groups in total. The van der Waals surface area contributed by atoms with Gasteiger partial charge in [0.1, 0.15) is 17.0 Å². The zero-order chi connectivity index (χ0) is 9.26. The first-order chi connectivity index (χ1) is 6.31. The van der Waals surface area contributed by atoms with Crippen molar-refractivity contribution < 1.29 is 0 Å². The van der Waals surface area contributed by atoms with Gasteiger partial charge < -0.3 is 11.1 Å². The molecule has 0 bridgehead atoms. The molecule has 2 rings (SSSR count). The topological polar surface area (TPSA) is 63.8 Å². The van der Waals surface area contributed by atoms with Crippen LogP contribution in [-0.4, -0.2) is 17.0 Å². The first-order valence-corrected chi connectivity index (χ1v) is 4.76. The van der Waals surface area contributed by atoms with Gasteiger partial charge in [0.25, 0.3) is 0 Å². The summed E-state index contributed by atoms with van der Waals surface area (Å²) in [6.07, 6.45) is 1.50. The van der Waals surface area contributed by atoms with Crippen LogP contribution in [0.4, 0.5) is 5.82 Å². The summed E-state index contributed by atoms with van der Waals surface area (Å²) in [6, 6.07) is 2.03. The number of nitrogen functional groups attached to an aromatic ring is 1. The van der Waals surface area contributed by atoms with Crippen molar-refractivity contribution in [3.63, 3.8) is 0 Å². The summed E-state index contributed by atoms with van der Waals surface area (Å²) >= 11 is 1.64. The Labute approximate surface area is 79.8 Å². The van der Waals surface area contributed by atoms with Crippen molar-refractivity contribution in [2.24, 2.45) is 0 Å². The second kappa shape index (κ2) is 3.27. The maximum atomic E-state index is 5.70. The Morgan fingerprint density at radius 1 is 1.54 bits per heavy atom. The highest BCUT2D eigenvalue weighted by Crippen LogP contribution is 2.26. The molecule has 13 heavy (non-hydrogen) atoms. The van der Waals surface area contributed by atoms with Gasteiger partial charge in [-0.15, -0.1) is 11.3 Å². The Hall–Kier alpha value is -1.20. The number of rotatable bonds is 2. The fraction of sp³-hybridized carbons (Fsp3) is 0.250. The molecule has 0 fully saturated rings. The van der Waals surface area contributed by atoms with Crippen LogP contribution >= 0.6 is 11.3 Å². The van der Waals surface area contributed by atoms with Gasteiger partial charge in [0.05, 0.1) is 5.39 Å². The van der Waals surface area contributed by atoms with Crippen LogP contribution in [0.3, 0.4) is 0 Å². The van der Waals surface area contributed by atoms with Gasteiger partial charge in [0.15, 0.2) is 0 Å². The lowest BCUT2D eigenvalue weighted by molar-refractivity contribution is 0.832. The van der Waals surface area contributed by atoms with Crippen molar-refractivity contribution in [3.8, 4) is 0 Å². The average molecular weight is 194 g/mol. The molecule has 0 spiro atoms. The average Bonchev–Trinajstić information content (AvgIpc) is 2.49. The van der Waals surface area contributed by atoms with E-state index in [9.17, 15) is 0 Å². The molecule has 2 aromatic rings. The van der Waals surface area contributed by atoms with Crippen LogP contribution in [0.5, 0.6) is 0 Å². The van der Waals surface area contributed by atoms with Gasteiger partial charge in [0.2, 0.25) is 0 Å². The zero-order valence-corrected chi connectivity index (χ0v) is 8.06. The van der Waals surface area contributed by atoms with E-state index in [-0.39, 0.29) is 0 Å². The molecule has 4 nitrogen and oxygen atoms in total. The summed E-state index contributed by atoms with van der Waals surface area (Å²) < 4.78 is 0. The normalized spacial score (nSPS) is 10.8. The molecule has 5 heteroatoms. The Bertz CT molecular complexity index is 423. The molecule has 0 saturated carbocycles. The quantitative estimate of drug-likeness (QED) is 0.748. The third-order valence-electron chi connectivity index (χ3n) is 1.76. The lowest BCUT2D eigenvalue weighted by Crippen LogP contribution is -2.02. The first kappa shape index (κ1) is 8.40. The highest BCUT2D eigenvalue weighted by Gasteiger charge is 2.04. The number of hydrogen-bond donors (Lipinski definition) is 2. The van der Waals surface area contributed by atoms with Gasteiger partial charge in [-0.1, -0.05) is 0 Å². The van der Waals surface area contributed by atoms with Crippen molar-refractivity contribution in [3.05, 3.63) is 17.3 Å². The van der Waals surface area contributed by atoms with E-state index >= 15 is 0 Å². The maximum absolute atomic E-state index is 5.70. The Morgan fingerprint density at radius 3 is 3.08 bits per heavy atom. The molecule has 0 unspecified atom stereocenters. The van der Waals surface area contributed by atoms with Crippen molar-refractivity contribution in [1.29, 1.82) is 0 Å². The predicted molar refractivity (Wildman–Crippen MR) is 54.6 cm³/mol. The SMILES string of the molecule is CNCc1cc2c(N)ncnc2s1. The van der Waals surface area contributed by atoms with Crippen molar-refractivity contribution in [2.75, 3.05) is 12.8 Å². The van der Waals surface area contributed by atoms with E-state index in [4.69, 9.17) is 5.73 Å². The van der Waals surface area contributed by atoms with Crippen LogP contribution in [0.15, 0.2) is 12.4 Å². The molecule has 0 aliphatic heterocycles.